The van der Waals surface area contributed by atoms with Gasteiger partial charge in [-0.15, -0.1) is 25.3 Å². The number of rotatable bonds is 2. The minimum Gasteiger partial charge on any atom is -0.261 e. The number of thiol groups is 2. The van der Waals surface area contributed by atoms with Gasteiger partial charge in [-0.05, 0) is 12.5 Å². The maximum Gasteiger partial charge on any atom is 0.0949 e. The van der Waals surface area contributed by atoms with E-state index < -0.39 is 0 Å². The van der Waals surface area contributed by atoms with Crippen molar-refractivity contribution in [3.05, 3.63) is 29.9 Å². The molecule has 0 bridgehead atoms. The first-order chi connectivity index (χ1) is 6.13. The van der Waals surface area contributed by atoms with Crippen molar-refractivity contribution in [1.82, 2.24) is 9.97 Å². The second-order valence-electron chi connectivity index (χ2n) is 2.37. The van der Waals surface area contributed by atoms with Gasteiger partial charge < -0.3 is 0 Å². The fraction of sp³-hybridized carbons (Fsp3) is 0.125. The molecule has 0 aliphatic heterocycles. The highest BCUT2D eigenvalue weighted by Crippen LogP contribution is 2.21. The van der Waals surface area contributed by atoms with Gasteiger partial charge in [0, 0.05) is 17.3 Å². The Hall–Kier alpha value is -0.390. The van der Waals surface area contributed by atoms with Crippen LogP contribution in [-0.4, -0.2) is 14.2 Å². The van der Waals surface area contributed by atoms with E-state index in [0.29, 0.717) is 14.8 Å². The topological polar surface area (TPSA) is 25.8 Å². The highest BCUT2D eigenvalue weighted by Gasteiger charge is 2.04. The summed E-state index contributed by atoms with van der Waals surface area (Å²) in [6.07, 6.45) is 4.86. The molecule has 0 fully saturated rings. The maximum atomic E-state index is 4.90. The minimum atomic E-state index is 0.524. The lowest BCUT2D eigenvalue weighted by Crippen LogP contribution is -1.92. The smallest absolute Gasteiger partial charge is 0.0949 e. The molecule has 68 valence electrons. The zero-order valence-corrected chi connectivity index (χ0v) is 9.53. The third-order valence-electron chi connectivity index (χ3n) is 1.48. The summed E-state index contributed by atoms with van der Waals surface area (Å²) in [5.41, 5.74) is 1.54. The van der Waals surface area contributed by atoms with Crippen molar-refractivity contribution in [2.24, 2.45) is 0 Å². The molecule has 1 aromatic rings. The van der Waals surface area contributed by atoms with Gasteiger partial charge in [-0.2, -0.15) is 0 Å². The maximum absolute atomic E-state index is 4.90. The van der Waals surface area contributed by atoms with Crippen molar-refractivity contribution in [2.75, 3.05) is 0 Å². The van der Waals surface area contributed by atoms with Crippen LogP contribution in [0, 0.1) is 0 Å². The highest BCUT2D eigenvalue weighted by atomic mass is 32.1. The third kappa shape index (κ3) is 2.79. The summed E-state index contributed by atoms with van der Waals surface area (Å²) >= 11 is 13.3. The second-order valence-corrected chi connectivity index (χ2v) is 3.97. The predicted molar refractivity (Wildman–Crippen MR) is 65.2 cm³/mol. The highest BCUT2D eigenvalue weighted by molar-refractivity contribution is 8.12. The number of thiocarbonyl (C=S) groups is 1. The van der Waals surface area contributed by atoms with Crippen LogP contribution in [0.15, 0.2) is 24.2 Å². The van der Waals surface area contributed by atoms with Crippen molar-refractivity contribution in [3.8, 4) is 0 Å². The fourth-order valence-electron chi connectivity index (χ4n) is 0.715. The van der Waals surface area contributed by atoms with E-state index in [1.807, 2.05) is 6.92 Å². The zero-order valence-electron chi connectivity index (χ0n) is 6.93. The molecule has 5 heteroatoms. The number of aromatic nitrogens is 2. The summed E-state index contributed by atoms with van der Waals surface area (Å²) in [7, 11) is 0. The first-order valence-electron chi connectivity index (χ1n) is 3.52. The molecular formula is C8H8N2S3. The standard InChI is InChI=1S/C8H8N2S3/c1-5(8(12)13)7(11)6-4-9-2-3-10-6/h2-4,11H,1H3,(H,12,13)/b7-5-. The molecular weight excluding hydrogens is 220 g/mol. The lowest BCUT2D eigenvalue weighted by Gasteiger charge is -2.02. The van der Waals surface area contributed by atoms with Gasteiger partial charge in [-0.25, -0.2) is 0 Å². The minimum absolute atomic E-state index is 0.524. The van der Waals surface area contributed by atoms with Crippen LogP contribution in [0.3, 0.4) is 0 Å². The molecule has 0 aromatic carbocycles. The Labute approximate surface area is 93.3 Å². The lowest BCUT2D eigenvalue weighted by molar-refractivity contribution is 1.17. The van der Waals surface area contributed by atoms with E-state index in [4.69, 9.17) is 12.2 Å². The Morgan fingerprint density at radius 2 is 2.08 bits per heavy atom. The summed E-state index contributed by atoms with van der Waals surface area (Å²) in [4.78, 5) is 8.74. The van der Waals surface area contributed by atoms with Crippen molar-refractivity contribution < 1.29 is 0 Å². The van der Waals surface area contributed by atoms with Crippen LogP contribution < -0.4 is 0 Å². The van der Waals surface area contributed by atoms with Crippen LogP contribution in [0.2, 0.25) is 0 Å². The van der Waals surface area contributed by atoms with Gasteiger partial charge in [0.25, 0.3) is 0 Å². The van der Waals surface area contributed by atoms with Crippen molar-refractivity contribution in [3.63, 3.8) is 0 Å². The quantitative estimate of drug-likeness (QED) is 0.462. The van der Waals surface area contributed by atoms with Crippen molar-refractivity contribution in [1.29, 1.82) is 0 Å². The Balaban J connectivity index is 3.11. The van der Waals surface area contributed by atoms with Crippen LogP contribution in [0.4, 0.5) is 0 Å². The van der Waals surface area contributed by atoms with E-state index in [9.17, 15) is 0 Å². The Morgan fingerprint density at radius 1 is 1.38 bits per heavy atom. The van der Waals surface area contributed by atoms with Crippen LogP contribution in [0.1, 0.15) is 12.6 Å². The molecule has 0 saturated carbocycles. The van der Waals surface area contributed by atoms with Crippen LogP contribution in [0.25, 0.3) is 4.91 Å². The Kier molecular flexibility index (Phi) is 3.90. The van der Waals surface area contributed by atoms with Gasteiger partial charge in [0.2, 0.25) is 0 Å². The lowest BCUT2D eigenvalue weighted by atomic mass is 10.2. The van der Waals surface area contributed by atoms with E-state index in [0.717, 1.165) is 5.57 Å². The molecule has 0 amide bonds. The summed E-state index contributed by atoms with van der Waals surface area (Å²) in [6, 6.07) is 0. The normalized spacial score (nSPS) is 12.2. The number of hydrogen-bond acceptors (Lipinski definition) is 4. The zero-order chi connectivity index (χ0) is 9.84. The molecule has 0 saturated heterocycles. The van der Waals surface area contributed by atoms with Crippen molar-refractivity contribution >= 4 is 46.6 Å². The van der Waals surface area contributed by atoms with Crippen molar-refractivity contribution in [2.45, 2.75) is 6.92 Å². The average Bonchev–Trinajstić information content (AvgIpc) is 2.17. The molecule has 0 aliphatic carbocycles. The molecule has 0 aliphatic rings. The van der Waals surface area contributed by atoms with E-state index in [2.05, 4.69) is 35.2 Å². The molecule has 0 N–H and O–H groups in total. The van der Waals surface area contributed by atoms with Gasteiger partial charge in [0.15, 0.2) is 0 Å². The molecule has 1 rings (SSSR count). The predicted octanol–water partition coefficient (Wildman–Crippen LogP) is 2.39. The van der Waals surface area contributed by atoms with E-state index in [1.54, 1.807) is 18.6 Å². The largest absolute Gasteiger partial charge is 0.261 e. The first-order valence-corrected chi connectivity index (χ1v) is 4.82. The molecule has 13 heavy (non-hydrogen) atoms. The van der Waals surface area contributed by atoms with Gasteiger partial charge in [-0.3, -0.25) is 9.97 Å². The molecule has 1 aromatic heterocycles. The summed E-state index contributed by atoms with van der Waals surface area (Å²) in [5, 5.41) is 0. The van der Waals surface area contributed by atoms with Gasteiger partial charge in [-0.1, -0.05) is 12.2 Å². The van der Waals surface area contributed by atoms with Crippen LogP contribution in [-0.2, 0) is 0 Å². The number of hydrogen-bond donors (Lipinski definition) is 2. The summed E-state index contributed by atoms with van der Waals surface area (Å²) in [6.45, 7) is 1.85. The number of nitrogens with zero attached hydrogens (tertiary/aromatic N) is 2. The fourth-order valence-corrected chi connectivity index (χ4v) is 1.32. The Morgan fingerprint density at radius 3 is 2.54 bits per heavy atom. The summed E-state index contributed by atoms with van der Waals surface area (Å²) < 4.78 is 0.524. The van der Waals surface area contributed by atoms with Gasteiger partial charge in [0.1, 0.15) is 0 Å². The average molecular weight is 228 g/mol. The molecule has 0 unspecified atom stereocenters. The van der Waals surface area contributed by atoms with Crippen LogP contribution in [0.5, 0.6) is 0 Å². The first kappa shape index (κ1) is 10.7. The van der Waals surface area contributed by atoms with Gasteiger partial charge in [0.05, 0.1) is 16.1 Å². The van der Waals surface area contributed by atoms with Gasteiger partial charge >= 0.3 is 0 Å². The third-order valence-corrected chi connectivity index (χ3v) is 2.69. The monoisotopic (exact) mass is 228 g/mol. The second kappa shape index (κ2) is 4.74. The van der Waals surface area contributed by atoms with E-state index >= 15 is 0 Å². The molecule has 1 heterocycles. The molecule has 0 radical (unpaired) electrons. The van der Waals surface area contributed by atoms with E-state index in [1.165, 1.54) is 0 Å². The molecule has 0 atom stereocenters. The summed E-state index contributed by atoms with van der Waals surface area (Å²) in [5.74, 6) is 0. The molecule has 0 spiro atoms. The SMILES string of the molecule is C/C(C(=S)S)=C(/S)c1cnccn1. The Bertz CT molecular complexity index is 346. The van der Waals surface area contributed by atoms with E-state index in [-0.39, 0.29) is 0 Å². The molecule has 2 nitrogen and oxygen atoms in total. The van der Waals surface area contributed by atoms with Crippen LogP contribution >= 0.6 is 37.5 Å².